The molecule has 6 nitrogen and oxygen atoms in total. The molecule has 7 heteroatoms. The number of hydrogen-bond donors (Lipinski definition) is 0. The van der Waals surface area contributed by atoms with Gasteiger partial charge < -0.3 is 4.90 Å². The van der Waals surface area contributed by atoms with Crippen LogP contribution >= 0.6 is 11.3 Å². The quantitative estimate of drug-likeness (QED) is 0.586. The van der Waals surface area contributed by atoms with Crippen molar-refractivity contribution in [3.05, 3.63) is 64.7 Å². The monoisotopic (exact) mass is 419 g/mol. The van der Waals surface area contributed by atoms with Gasteiger partial charge in [0, 0.05) is 19.5 Å². The molecule has 1 saturated heterocycles. The number of nitrogens with zero attached hydrogens (tertiary/aromatic N) is 3. The van der Waals surface area contributed by atoms with Crippen molar-refractivity contribution in [3.8, 4) is 0 Å². The Morgan fingerprint density at radius 3 is 2.47 bits per heavy atom. The Hall–Kier alpha value is -3.06. The highest BCUT2D eigenvalue weighted by atomic mass is 32.1. The smallest absolute Gasteiger partial charge is 0.261 e. The molecule has 0 aliphatic carbocycles. The van der Waals surface area contributed by atoms with Crippen molar-refractivity contribution in [2.75, 3.05) is 13.1 Å². The number of fused-ring (bicyclic) bond motifs is 2. The molecule has 0 saturated carbocycles. The Balaban J connectivity index is 1.22. The van der Waals surface area contributed by atoms with Gasteiger partial charge in [-0.2, -0.15) is 0 Å². The molecule has 1 atom stereocenters. The van der Waals surface area contributed by atoms with Gasteiger partial charge >= 0.3 is 0 Å². The molecule has 1 fully saturated rings. The fourth-order valence-corrected chi connectivity index (χ4v) is 5.44. The van der Waals surface area contributed by atoms with E-state index in [1.165, 1.54) is 4.90 Å². The number of thiazole rings is 1. The summed E-state index contributed by atoms with van der Waals surface area (Å²) in [5, 5.41) is 0.988. The van der Waals surface area contributed by atoms with Crippen molar-refractivity contribution >= 4 is 39.3 Å². The van der Waals surface area contributed by atoms with E-state index in [2.05, 4.69) is 6.07 Å². The summed E-state index contributed by atoms with van der Waals surface area (Å²) in [4.78, 5) is 45.8. The zero-order valence-electron chi connectivity index (χ0n) is 16.4. The number of imide groups is 1. The number of para-hydroxylation sites is 1. The first kappa shape index (κ1) is 18.9. The second-order valence-electron chi connectivity index (χ2n) is 7.68. The summed E-state index contributed by atoms with van der Waals surface area (Å²) in [5.74, 6) is -0.471. The molecular weight excluding hydrogens is 398 g/mol. The highest BCUT2D eigenvalue weighted by molar-refractivity contribution is 7.18. The van der Waals surface area contributed by atoms with Gasteiger partial charge in [0.25, 0.3) is 11.8 Å². The largest absolute Gasteiger partial charge is 0.333 e. The average Bonchev–Trinajstić information content (AvgIpc) is 3.47. The van der Waals surface area contributed by atoms with E-state index in [-0.39, 0.29) is 30.3 Å². The Morgan fingerprint density at radius 2 is 1.73 bits per heavy atom. The Bertz CT molecular complexity index is 1090. The van der Waals surface area contributed by atoms with Crippen LogP contribution in [0.15, 0.2) is 48.5 Å². The minimum atomic E-state index is -0.267. The predicted octanol–water partition coefficient (Wildman–Crippen LogP) is 4.04. The van der Waals surface area contributed by atoms with E-state index in [0.717, 1.165) is 34.6 Å². The van der Waals surface area contributed by atoms with Crippen LogP contribution in [0.2, 0.25) is 0 Å². The molecule has 0 spiro atoms. The first-order valence-electron chi connectivity index (χ1n) is 10.2. The first-order chi connectivity index (χ1) is 14.6. The molecule has 0 unspecified atom stereocenters. The van der Waals surface area contributed by atoms with Crippen LogP contribution in [0.5, 0.6) is 0 Å². The van der Waals surface area contributed by atoms with Crippen molar-refractivity contribution in [1.29, 1.82) is 0 Å². The summed E-state index contributed by atoms with van der Waals surface area (Å²) in [6.07, 6.45) is 2.66. The molecule has 152 valence electrons. The number of benzene rings is 2. The van der Waals surface area contributed by atoms with Crippen molar-refractivity contribution in [1.82, 2.24) is 14.8 Å². The molecule has 0 radical (unpaired) electrons. The van der Waals surface area contributed by atoms with E-state index in [1.807, 2.05) is 23.1 Å². The number of amides is 3. The van der Waals surface area contributed by atoms with Crippen LogP contribution in [0.4, 0.5) is 0 Å². The summed E-state index contributed by atoms with van der Waals surface area (Å²) in [6.45, 7) is 0.990. The van der Waals surface area contributed by atoms with Gasteiger partial charge in [0.2, 0.25) is 5.91 Å². The molecule has 30 heavy (non-hydrogen) atoms. The van der Waals surface area contributed by atoms with Crippen LogP contribution in [-0.4, -0.2) is 45.6 Å². The van der Waals surface area contributed by atoms with E-state index in [9.17, 15) is 14.4 Å². The van der Waals surface area contributed by atoms with Gasteiger partial charge in [-0.25, -0.2) is 4.98 Å². The zero-order valence-corrected chi connectivity index (χ0v) is 17.2. The van der Waals surface area contributed by atoms with Gasteiger partial charge in [0.05, 0.1) is 27.4 Å². The van der Waals surface area contributed by atoms with E-state index in [1.54, 1.807) is 35.6 Å². The molecule has 0 bridgehead atoms. The standard InChI is InChI=1S/C23H21N3O3S/c27-20(12-6-14-26-22(28)15-7-1-2-8-16(15)23(26)29)25-13-5-10-18(25)21-24-17-9-3-4-11-19(17)30-21/h1-4,7-9,11,18H,5-6,10,12-14H2/t18-/m0/s1. The SMILES string of the molecule is O=C1c2ccccc2C(=O)N1CCCC(=O)N1CCC[C@H]1c1nc2ccccc2s1. The van der Waals surface area contributed by atoms with Crippen LogP contribution in [0.25, 0.3) is 10.2 Å². The van der Waals surface area contributed by atoms with Crippen molar-refractivity contribution in [2.24, 2.45) is 0 Å². The van der Waals surface area contributed by atoms with Crippen LogP contribution in [0, 0.1) is 0 Å². The fourth-order valence-electron chi connectivity index (χ4n) is 4.33. The van der Waals surface area contributed by atoms with Crippen LogP contribution in [0.3, 0.4) is 0 Å². The number of rotatable bonds is 5. The summed E-state index contributed by atoms with van der Waals surface area (Å²) in [7, 11) is 0. The topological polar surface area (TPSA) is 70.6 Å². The maximum atomic E-state index is 12.9. The third-order valence-electron chi connectivity index (χ3n) is 5.82. The van der Waals surface area contributed by atoms with Gasteiger partial charge in [-0.1, -0.05) is 24.3 Å². The van der Waals surface area contributed by atoms with Gasteiger partial charge in [0.15, 0.2) is 0 Å². The molecule has 2 aromatic carbocycles. The molecule has 3 aromatic rings. The molecule has 3 amide bonds. The van der Waals surface area contributed by atoms with Gasteiger partial charge in [-0.15, -0.1) is 11.3 Å². The lowest BCUT2D eigenvalue weighted by molar-refractivity contribution is -0.132. The number of carbonyl (C=O) groups is 3. The summed E-state index contributed by atoms with van der Waals surface area (Å²) < 4.78 is 1.14. The second-order valence-corrected chi connectivity index (χ2v) is 8.74. The van der Waals surface area contributed by atoms with Crippen LogP contribution < -0.4 is 0 Å². The van der Waals surface area contributed by atoms with E-state index in [4.69, 9.17) is 4.98 Å². The van der Waals surface area contributed by atoms with E-state index >= 15 is 0 Å². The molecule has 0 N–H and O–H groups in total. The highest BCUT2D eigenvalue weighted by Crippen LogP contribution is 2.36. The zero-order chi connectivity index (χ0) is 20.7. The van der Waals surface area contributed by atoms with E-state index in [0.29, 0.717) is 24.0 Å². The summed E-state index contributed by atoms with van der Waals surface area (Å²) in [6, 6.07) is 14.9. The maximum Gasteiger partial charge on any atom is 0.261 e. The summed E-state index contributed by atoms with van der Waals surface area (Å²) >= 11 is 1.65. The molecule has 2 aliphatic heterocycles. The highest BCUT2D eigenvalue weighted by Gasteiger charge is 2.35. The predicted molar refractivity (Wildman–Crippen MR) is 114 cm³/mol. The number of aromatic nitrogens is 1. The third-order valence-corrected chi connectivity index (χ3v) is 6.96. The molecular formula is C23H21N3O3S. The van der Waals surface area contributed by atoms with Crippen LogP contribution in [0.1, 0.15) is 57.4 Å². The van der Waals surface area contributed by atoms with Crippen molar-refractivity contribution in [3.63, 3.8) is 0 Å². The lowest BCUT2D eigenvalue weighted by Crippen LogP contribution is -2.33. The minimum Gasteiger partial charge on any atom is -0.333 e. The Labute approximate surface area is 178 Å². The van der Waals surface area contributed by atoms with Crippen molar-refractivity contribution < 1.29 is 14.4 Å². The van der Waals surface area contributed by atoms with Crippen LogP contribution in [-0.2, 0) is 4.79 Å². The molecule has 3 heterocycles. The number of hydrogen-bond acceptors (Lipinski definition) is 5. The summed E-state index contributed by atoms with van der Waals surface area (Å²) in [5.41, 5.74) is 1.87. The molecule has 1 aromatic heterocycles. The normalized spacial score (nSPS) is 18.5. The van der Waals surface area contributed by atoms with Gasteiger partial charge in [-0.3, -0.25) is 19.3 Å². The van der Waals surface area contributed by atoms with Gasteiger partial charge in [0.1, 0.15) is 5.01 Å². The lowest BCUT2D eigenvalue weighted by atomic mass is 10.1. The first-order valence-corrected chi connectivity index (χ1v) is 11.1. The Morgan fingerprint density at radius 1 is 1.03 bits per heavy atom. The lowest BCUT2D eigenvalue weighted by Gasteiger charge is -2.23. The number of likely N-dealkylation sites (tertiary alicyclic amines) is 1. The fraction of sp³-hybridized carbons (Fsp3) is 0.304. The third kappa shape index (κ3) is 3.19. The number of carbonyl (C=O) groups excluding carboxylic acids is 3. The Kier molecular flexibility index (Phi) is 4.83. The second kappa shape index (κ2) is 7.65. The van der Waals surface area contributed by atoms with Gasteiger partial charge in [-0.05, 0) is 43.5 Å². The molecule has 5 rings (SSSR count). The maximum absolute atomic E-state index is 12.9. The average molecular weight is 420 g/mol. The van der Waals surface area contributed by atoms with E-state index < -0.39 is 0 Å². The van der Waals surface area contributed by atoms with Crippen molar-refractivity contribution in [2.45, 2.75) is 31.7 Å². The minimum absolute atomic E-state index is 0.0224. The molecule has 2 aliphatic rings.